The predicted molar refractivity (Wildman–Crippen MR) is 67.1 cm³/mol. The highest BCUT2D eigenvalue weighted by atomic mass is 79.9. The Balaban J connectivity index is 2.40. The minimum atomic E-state index is 0.0584. The maximum Gasteiger partial charge on any atom is 0.121 e. The summed E-state index contributed by atoms with van der Waals surface area (Å²) in [6, 6.07) is 5.73. The molecule has 0 aliphatic heterocycles. The second-order valence-corrected chi connectivity index (χ2v) is 3.96. The first-order valence-corrected chi connectivity index (χ1v) is 5.83. The molecule has 0 saturated carbocycles. The van der Waals surface area contributed by atoms with E-state index in [9.17, 15) is 0 Å². The minimum absolute atomic E-state index is 0.0584. The lowest BCUT2D eigenvalue weighted by atomic mass is 10.3. The molecular formula is C11H16BrNO3. The summed E-state index contributed by atoms with van der Waals surface area (Å²) in [6.07, 6.45) is 0. The molecule has 1 rings (SSSR count). The first kappa shape index (κ1) is 13.3. The first-order chi connectivity index (χ1) is 7.77. The van der Waals surface area contributed by atoms with Crippen LogP contribution in [0.3, 0.4) is 0 Å². The summed E-state index contributed by atoms with van der Waals surface area (Å²) >= 11 is 3.44. The number of ether oxygens (including phenoxy) is 2. The van der Waals surface area contributed by atoms with Crippen LogP contribution in [0.2, 0.25) is 0 Å². The summed E-state index contributed by atoms with van der Waals surface area (Å²) in [4.78, 5) is 0. The number of aliphatic hydroxyl groups is 1. The van der Waals surface area contributed by atoms with Crippen molar-refractivity contribution in [2.45, 2.75) is 0 Å². The highest BCUT2D eigenvalue weighted by Gasteiger charge is 2.00. The molecule has 0 bridgehead atoms. The highest BCUT2D eigenvalue weighted by molar-refractivity contribution is 9.10. The van der Waals surface area contributed by atoms with Crippen molar-refractivity contribution in [2.24, 2.45) is 0 Å². The van der Waals surface area contributed by atoms with Gasteiger partial charge in [0.25, 0.3) is 0 Å². The third-order valence-corrected chi connectivity index (χ3v) is 2.66. The van der Waals surface area contributed by atoms with Gasteiger partial charge in [-0.2, -0.15) is 0 Å². The molecule has 0 saturated heterocycles. The molecule has 1 aromatic rings. The van der Waals surface area contributed by atoms with Gasteiger partial charge in [0.2, 0.25) is 0 Å². The number of halogens is 1. The number of methoxy groups -OCH3 is 1. The van der Waals surface area contributed by atoms with Crippen molar-refractivity contribution < 1.29 is 14.6 Å². The smallest absolute Gasteiger partial charge is 0.121 e. The van der Waals surface area contributed by atoms with Gasteiger partial charge in [0, 0.05) is 17.1 Å². The van der Waals surface area contributed by atoms with Gasteiger partial charge in [0.05, 0.1) is 32.6 Å². The van der Waals surface area contributed by atoms with E-state index < -0.39 is 0 Å². The average molecular weight is 290 g/mol. The molecule has 0 heterocycles. The van der Waals surface area contributed by atoms with Gasteiger partial charge < -0.3 is 19.9 Å². The fourth-order valence-electron chi connectivity index (χ4n) is 1.19. The third kappa shape index (κ3) is 4.38. The molecule has 2 N–H and O–H groups in total. The molecule has 90 valence electrons. The number of aliphatic hydroxyl groups excluding tert-OH is 1. The second kappa shape index (κ2) is 7.49. The van der Waals surface area contributed by atoms with Crippen LogP contribution in [-0.4, -0.2) is 38.6 Å². The molecule has 0 amide bonds. The Morgan fingerprint density at radius 2 is 2.19 bits per heavy atom. The molecule has 4 nitrogen and oxygen atoms in total. The Bertz CT molecular complexity index is 320. The number of benzene rings is 1. The van der Waals surface area contributed by atoms with Crippen molar-refractivity contribution in [1.29, 1.82) is 0 Å². The Labute approximate surface area is 104 Å². The lowest BCUT2D eigenvalue weighted by Gasteiger charge is -2.10. The van der Waals surface area contributed by atoms with Crippen LogP contribution in [-0.2, 0) is 4.74 Å². The van der Waals surface area contributed by atoms with Crippen LogP contribution in [0.25, 0.3) is 0 Å². The molecule has 0 atom stereocenters. The number of hydrogen-bond acceptors (Lipinski definition) is 4. The molecule has 0 aromatic heterocycles. The van der Waals surface area contributed by atoms with Crippen LogP contribution in [0.1, 0.15) is 0 Å². The minimum Gasteiger partial charge on any atom is -0.497 e. The fourth-order valence-corrected chi connectivity index (χ4v) is 1.58. The van der Waals surface area contributed by atoms with Crippen molar-refractivity contribution in [3.8, 4) is 5.75 Å². The lowest BCUT2D eigenvalue weighted by molar-refractivity contribution is 0.0992. The van der Waals surface area contributed by atoms with Gasteiger partial charge >= 0.3 is 0 Å². The quantitative estimate of drug-likeness (QED) is 0.753. The van der Waals surface area contributed by atoms with Gasteiger partial charge in [0.15, 0.2) is 0 Å². The predicted octanol–water partition coefficient (Wildman–Crippen LogP) is 1.88. The maximum absolute atomic E-state index is 8.53. The monoisotopic (exact) mass is 289 g/mol. The van der Waals surface area contributed by atoms with Crippen LogP contribution in [0.4, 0.5) is 5.69 Å². The Kier molecular flexibility index (Phi) is 6.22. The zero-order chi connectivity index (χ0) is 11.8. The SMILES string of the molecule is COc1ccc(Br)c(NCCOCCO)c1. The lowest BCUT2D eigenvalue weighted by Crippen LogP contribution is -2.11. The number of nitrogens with one attached hydrogen (secondary N) is 1. The van der Waals surface area contributed by atoms with Gasteiger partial charge in [-0.1, -0.05) is 0 Å². The molecule has 0 radical (unpaired) electrons. The molecule has 0 spiro atoms. The van der Waals surface area contributed by atoms with E-state index in [1.165, 1.54) is 0 Å². The van der Waals surface area contributed by atoms with Crippen molar-refractivity contribution in [2.75, 3.05) is 38.8 Å². The van der Waals surface area contributed by atoms with E-state index in [-0.39, 0.29) is 6.61 Å². The van der Waals surface area contributed by atoms with E-state index in [2.05, 4.69) is 21.2 Å². The number of anilines is 1. The fraction of sp³-hybridized carbons (Fsp3) is 0.455. The van der Waals surface area contributed by atoms with Crippen LogP contribution < -0.4 is 10.1 Å². The first-order valence-electron chi connectivity index (χ1n) is 5.04. The largest absolute Gasteiger partial charge is 0.497 e. The van der Waals surface area contributed by atoms with Gasteiger partial charge in [0.1, 0.15) is 5.75 Å². The summed E-state index contributed by atoms with van der Waals surface area (Å²) in [6.45, 7) is 1.68. The van der Waals surface area contributed by atoms with Crippen LogP contribution in [0.5, 0.6) is 5.75 Å². The Morgan fingerprint density at radius 3 is 2.88 bits per heavy atom. The van der Waals surface area contributed by atoms with Crippen molar-refractivity contribution in [1.82, 2.24) is 0 Å². The zero-order valence-corrected chi connectivity index (χ0v) is 10.8. The summed E-state index contributed by atoms with van der Waals surface area (Å²) in [5, 5.41) is 11.7. The number of hydrogen-bond donors (Lipinski definition) is 2. The van der Waals surface area contributed by atoms with Crippen molar-refractivity contribution in [3.05, 3.63) is 22.7 Å². The van der Waals surface area contributed by atoms with E-state index >= 15 is 0 Å². The van der Waals surface area contributed by atoms with Gasteiger partial charge in [-0.25, -0.2) is 0 Å². The summed E-state index contributed by atoms with van der Waals surface area (Å²) in [5.41, 5.74) is 0.965. The van der Waals surface area contributed by atoms with Crippen LogP contribution in [0.15, 0.2) is 22.7 Å². The summed E-state index contributed by atoms with van der Waals surface area (Å²) < 4.78 is 11.3. The molecule has 0 aliphatic carbocycles. The normalized spacial score (nSPS) is 10.2. The molecule has 1 aromatic carbocycles. The summed E-state index contributed by atoms with van der Waals surface area (Å²) in [5.74, 6) is 0.807. The standard InChI is InChI=1S/C11H16BrNO3/c1-15-9-2-3-10(12)11(8-9)13-4-6-16-7-5-14/h2-3,8,13-14H,4-7H2,1H3. The zero-order valence-electron chi connectivity index (χ0n) is 9.20. The topological polar surface area (TPSA) is 50.7 Å². The average Bonchev–Trinajstić information content (AvgIpc) is 2.31. The van der Waals surface area contributed by atoms with Crippen molar-refractivity contribution in [3.63, 3.8) is 0 Å². The van der Waals surface area contributed by atoms with E-state index in [0.29, 0.717) is 19.8 Å². The highest BCUT2D eigenvalue weighted by Crippen LogP contribution is 2.26. The van der Waals surface area contributed by atoms with Crippen LogP contribution >= 0.6 is 15.9 Å². The molecule has 16 heavy (non-hydrogen) atoms. The maximum atomic E-state index is 8.53. The molecule has 5 heteroatoms. The van der Waals surface area contributed by atoms with E-state index in [1.807, 2.05) is 18.2 Å². The van der Waals surface area contributed by atoms with E-state index in [1.54, 1.807) is 7.11 Å². The van der Waals surface area contributed by atoms with Crippen LogP contribution in [0, 0.1) is 0 Å². The van der Waals surface area contributed by atoms with Crippen molar-refractivity contribution >= 4 is 21.6 Å². The molecule has 0 unspecified atom stereocenters. The van der Waals surface area contributed by atoms with Gasteiger partial charge in [-0.3, -0.25) is 0 Å². The molecular weight excluding hydrogens is 274 g/mol. The van der Waals surface area contributed by atoms with E-state index in [4.69, 9.17) is 14.6 Å². The Morgan fingerprint density at radius 1 is 1.38 bits per heavy atom. The molecule has 0 aliphatic rings. The van der Waals surface area contributed by atoms with Gasteiger partial charge in [-0.05, 0) is 28.1 Å². The van der Waals surface area contributed by atoms with E-state index in [0.717, 1.165) is 15.9 Å². The third-order valence-electron chi connectivity index (χ3n) is 1.97. The van der Waals surface area contributed by atoms with Gasteiger partial charge in [-0.15, -0.1) is 0 Å². The number of rotatable bonds is 7. The summed E-state index contributed by atoms with van der Waals surface area (Å²) in [7, 11) is 1.64. The Hall–Kier alpha value is -0.780. The second-order valence-electron chi connectivity index (χ2n) is 3.11. The molecule has 0 fully saturated rings.